The van der Waals surface area contributed by atoms with E-state index in [4.69, 9.17) is 5.73 Å². The first-order valence-corrected chi connectivity index (χ1v) is 11.6. The fraction of sp³-hybridized carbons (Fsp3) is 0.368. The normalized spacial score (nSPS) is 18.4. The molecular formula is C19H24N4O4S2. The Morgan fingerprint density at radius 1 is 1.31 bits per heavy atom. The predicted octanol–water partition coefficient (Wildman–Crippen LogP) is 1.50. The molecule has 1 saturated heterocycles. The molecule has 0 radical (unpaired) electrons. The summed E-state index contributed by atoms with van der Waals surface area (Å²) < 4.78 is 27.1. The number of nitrogens with one attached hydrogen (secondary N) is 2. The maximum absolute atomic E-state index is 12.5. The highest BCUT2D eigenvalue weighted by Gasteiger charge is 2.29. The molecule has 156 valence electrons. The summed E-state index contributed by atoms with van der Waals surface area (Å²) in [6, 6.07) is 9.18. The molecule has 29 heavy (non-hydrogen) atoms. The maximum Gasteiger partial charge on any atom is 0.250 e. The van der Waals surface area contributed by atoms with E-state index in [1.165, 1.54) is 13.0 Å². The summed E-state index contributed by atoms with van der Waals surface area (Å²) in [5, 5.41) is 4.40. The topological polar surface area (TPSA) is 122 Å². The van der Waals surface area contributed by atoms with E-state index in [0.29, 0.717) is 12.2 Å². The first kappa shape index (κ1) is 21.4. The molecule has 2 unspecified atom stereocenters. The number of nitrogens with zero attached hydrogens (tertiary/aromatic N) is 1. The van der Waals surface area contributed by atoms with Crippen molar-refractivity contribution in [2.75, 3.05) is 11.9 Å². The van der Waals surface area contributed by atoms with E-state index >= 15 is 0 Å². The minimum atomic E-state index is -3.73. The number of carbonyl (C=O) groups excluding carboxylic acids is 2. The van der Waals surface area contributed by atoms with Crippen LogP contribution in [0.25, 0.3) is 0 Å². The van der Waals surface area contributed by atoms with E-state index in [1.807, 2.05) is 17.0 Å². The first-order valence-electron chi connectivity index (χ1n) is 9.25. The molecule has 4 N–H and O–H groups in total. The molecule has 1 aliphatic heterocycles. The standard InChI is InChI=1S/C19H24N4O4S2/c1-13(22-29(26,27)17-8-4-10-28-17)19(25)21-15-6-2-5-14(11-15)12-23-9-3-7-16(23)18(20)24/h2,4-6,8,10-11,13,16,22H,3,7,9,12H2,1H3,(H2,20,24)(H,21,25). The van der Waals surface area contributed by atoms with E-state index in [-0.39, 0.29) is 16.2 Å². The zero-order valence-electron chi connectivity index (χ0n) is 16.0. The fourth-order valence-corrected chi connectivity index (χ4v) is 5.54. The Bertz CT molecular complexity index is 976. The lowest BCUT2D eigenvalue weighted by Crippen LogP contribution is -2.41. The minimum absolute atomic E-state index is 0.161. The van der Waals surface area contributed by atoms with Gasteiger partial charge in [-0.25, -0.2) is 8.42 Å². The van der Waals surface area contributed by atoms with Crippen LogP contribution in [-0.4, -0.2) is 43.8 Å². The Kier molecular flexibility index (Phi) is 6.68. The van der Waals surface area contributed by atoms with Crippen LogP contribution in [0, 0.1) is 0 Å². The van der Waals surface area contributed by atoms with Crippen LogP contribution in [-0.2, 0) is 26.2 Å². The number of hydrogen-bond donors (Lipinski definition) is 3. The van der Waals surface area contributed by atoms with E-state index in [9.17, 15) is 18.0 Å². The number of nitrogens with two attached hydrogens (primary N) is 1. The molecule has 1 aromatic heterocycles. The van der Waals surface area contributed by atoms with E-state index < -0.39 is 22.0 Å². The Morgan fingerprint density at radius 3 is 2.79 bits per heavy atom. The number of anilines is 1. The molecule has 2 aromatic rings. The smallest absolute Gasteiger partial charge is 0.250 e. The second-order valence-corrected chi connectivity index (χ2v) is 9.88. The molecule has 0 aliphatic carbocycles. The van der Waals surface area contributed by atoms with Crippen LogP contribution >= 0.6 is 11.3 Å². The van der Waals surface area contributed by atoms with E-state index in [2.05, 4.69) is 10.0 Å². The van der Waals surface area contributed by atoms with Crippen molar-refractivity contribution >= 4 is 38.9 Å². The number of amides is 2. The average molecular weight is 437 g/mol. The number of primary amides is 1. The molecular weight excluding hydrogens is 412 g/mol. The summed E-state index contributed by atoms with van der Waals surface area (Å²) >= 11 is 1.09. The van der Waals surface area contributed by atoms with Gasteiger partial charge in [-0.1, -0.05) is 18.2 Å². The van der Waals surface area contributed by atoms with E-state index in [0.717, 1.165) is 36.3 Å². The lowest BCUT2D eigenvalue weighted by Gasteiger charge is -2.22. The number of thiophene rings is 1. The summed E-state index contributed by atoms with van der Waals surface area (Å²) in [4.78, 5) is 26.0. The Labute approximate surface area is 174 Å². The summed E-state index contributed by atoms with van der Waals surface area (Å²) in [6.07, 6.45) is 1.68. The van der Waals surface area contributed by atoms with Gasteiger partial charge in [0.05, 0.1) is 12.1 Å². The molecule has 1 aromatic carbocycles. The monoisotopic (exact) mass is 436 g/mol. The number of benzene rings is 1. The van der Waals surface area contributed by atoms with Gasteiger partial charge < -0.3 is 11.1 Å². The number of sulfonamides is 1. The lowest BCUT2D eigenvalue weighted by molar-refractivity contribution is -0.122. The second kappa shape index (κ2) is 9.04. The number of likely N-dealkylation sites (tertiary alicyclic amines) is 1. The first-order chi connectivity index (χ1) is 13.8. The number of hydrogen-bond acceptors (Lipinski definition) is 6. The lowest BCUT2D eigenvalue weighted by atomic mass is 10.1. The van der Waals surface area contributed by atoms with Gasteiger partial charge in [-0.05, 0) is 55.5 Å². The largest absolute Gasteiger partial charge is 0.368 e. The summed E-state index contributed by atoms with van der Waals surface area (Å²) in [6.45, 7) is 2.84. The van der Waals surface area contributed by atoms with Gasteiger partial charge >= 0.3 is 0 Å². The van der Waals surface area contributed by atoms with Gasteiger partial charge in [0.15, 0.2) is 0 Å². The maximum atomic E-state index is 12.5. The van der Waals surface area contributed by atoms with Gasteiger partial charge in [-0.3, -0.25) is 14.5 Å². The quantitative estimate of drug-likeness (QED) is 0.579. The number of rotatable bonds is 8. The Hall–Kier alpha value is -2.27. The number of carbonyl (C=O) groups is 2. The molecule has 10 heteroatoms. The highest BCUT2D eigenvalue weighted by atomic mass is 32.2. The molecule has 1 fully saturated rings. The van der Waals surface area contributed by atoms with Gasteiger partial charge in [-0.15, -0.1) is 11.3 Å². The van der Waals surface area contributed by atoms with Gasteiger partial charge in [0.1, 0.15) is 4.21 Å². The van der Waals surface area contributed by atoms with Crippen molar-refractivity contribution in [3.63, 3.8) is 0 Å². The third-order valence-electron chi connectivity index (χ3n) is 4.76. The highest BCUT2D eigenvalue weighted by molar-refractivity contribution is 7.91. The Balaban J connectivity index is 1.62. The third kappa shape index (κ3) is 5.41. The molecule has 2 amide bonds. The molecule has 8 nitrogen and oxygen atoms in total. The van der Waals surface area contributed by atoms with Gasteiger partial charge in [-0.2, -0.15) is 4.72 Å². The van der Waals surface area contributed by atoms with Crippen LogP contribution in [0.3, 0.4) is 0 Å². The zero-order chi connectivity index (χ0) is 21.0. The molecule has 2 atom stereocenters. The van der Waals surface area contributed by atoms with Crippen molar-refractivity contribution in [2.24, 2.45) is 5.73 Å². The van der Waals surface area contributed by atoms with E-state index in [1.54, 1.807) is 23.6 Å². The van der Waals surface area contributed by atoms with Crippen LogP contribution in [0.15, 0.2) is 46.0 Å². The van der Waals surface area contributed by atoms with Crippen molar-refractivity contribution in [2.45, 2.75) is 42.6 Å². The molecule has 0 spiro atoms. The van der Waals surface area contributed by atoms with Crippen molar-refractivity contribution in [3.8, 4) is 0 Å². The Morgan fingerprint density at radius 2 is 2.10 bits per heavy atom. The van der Waals surface area contributed by atoms with Crippen LogP contribution in [0.1, 0.15) is 25.3 Å². The minimum Gasteiger partial charge on any atom is -0.368 e. The van der Waals surface area contributed by atoms with Crippen molar-refractivity contribution in [1.82, 2.24) is 9.62 Å². The van der Waals surface area contributed by atoms with Gasteiger partial charge in [0.25, 0.3) is 10.0 Å². The molecule has 2 heterocycles. The molecule has 0 bridgehead atoms. The second-order valence-electron chi connectivity index (χ2n) is 7.00. The highest BCUT2D eigenvalue weighted by Crippen LogP contribution is 2.21. The summed E-state index contributed by atoms with van der Waals surface area (Å²) in [7, 11) is -3.73. The van der Waals surface area contributed by atoms with Crippen LogP contribution in [0.2, 0.25) is 0 Å². The van der Waals surface area contributed by atoms with Gasteiger partial charge in [0.2, 0.25) is 11.8 Å². The SMILES string of the molecule is CC(NS(=O)(=O)c1cccs1)C(=O)Nc1cccc(CN2CCCC2C(N)=O)c1. The fourth-order valence-electron chi connectivity index (χ4n) is 3.33. The van der Waals surface area contributed by atoms with Crippen LogP contribution in [0.4, 0.5) is 5.69 Å². The average Bonchev–Trinajstić information content (AvgIpc) is 3.34. The van der Waals surface area contributed by atoms with Crippen LogP contribution in [0.5, 0.6) is 0 Å². The zero-order valence-corrected chi connectivity index (χ0v) is 17.6. The van der Waals surface area contributed by atoms with Crippen LogP contribution < -0.4 is 15.8 Å². The van der Waals surface area contributed by atoms with Crippen molar-refractivity contribution in [1.29, 1.82) is 0 Å². The molecule has 0 saturated carbocycles. The molecule has 1 aliphatic rings. The predicted molar refractivity (Wildman–Crippen MR) is 112 cm³/mol. The summed E-state index contributed by atoms with van der Waals surface area (Å²) in [5.41, 5.74) is 6.96. The molecule has 3 rings (SSSR count). The van der Waals surface area contributed by atoms with Crippen molar-refractivity contribution in [3.05, 3.63) is 47.3 Å². The summed E-state index contributed by atoms with van der Waals surface area (Å²) in [5.74, 6) is -0.780. The van der Waals surface area contributed by atoms with Gasteiger partial charge in [0, 0.05) is 12.2 Å². The third-order valence-corrected chi connectivity index (χ3v) is 7.70. The van der Waals surface area contributed by atoms with Crippen molar-refractivity contribution < 1.29 is 18.0 Å².